The van der Waals surface area contributed by atoms with Crippen molar-refractivity contribution < 1.29 is 34.3 Å². The molecule has 0 aliphatic carbocycles. The summed E-state index contributed by atoms with van der Waals surface area (Å²) in [6.07, 6.45) is -0.992. The molecule has 23 heavy (non-hydrogen) atoms. The van der Waals surface area contributed by atoms with Crippen LogP contribution in [-0.4, -0.2) is 51.2 Å². The van der Waals surface area contributed by atoms with E-state index >= 15 is 0 Å². The molecule has 1 atom stereocenters. The molecule has 0 heterocycles. The third-order valence-corrected chi connectivity index (χ3v) is 4.45. The monoisotopic (exact) mass is 344 g/mol. The molecule has 1 aromatic rings. The Labute approximate surface area is 133 Å². The van der Waals surface area contributed by atoms with Crippen molar-refractivity contribution in [2.75, 3.05) is 13.3 Å². The molecule has 0 radical (unpaired) electrons. The number of hydrogen-bond acceptors (Lipinski definition) is 6. The summed E-state index contributed by atoms with van der Waals surface area (Å²) in [6.45, 7) is 0. The molecule has 0 spiro atoms. The lowest BCUT2D eigenvalue weighted by molar-refractivity contribution is -0.142. The number of carboxylic acid groups (broad SMARTS) is 2. The summed E-state index contributed by atoms with van der Waals surface area (Å²) in [5, 5.41) is 17.6. The maximum absolute atomic E-state index is 11.1. The van der Waals surface area contributed by atoms with Crippen LogP contribution >= 0.6 is 7.72 Å². The fraction of sp³-hybridized carbons (Fsp3) is 0.357. The van der Waals surface area contributed by atoms with Crippen molar-refractivity contribution in [1.29, 1.82) is 0 Å². The number of aliphatic carboxylic acids is 2. The van der Waals surface area contributed by atoms with E-state index in [1.165, 1.54) is 7.11 Å². The minimum atomic E-state index is -3.71. The van der Waals surface area contributed by atoms with Crippen LogP contribution in [0.2, 0.25) is 0 Å². The molecule has 0 bridgehead atoms. The second-order valence-electron chi connectivity index (χ2n) is 4.88. The van der Waals surface area contributed by atoms with Crippen molar-refractivity contribution in [2.45, 2.75) is 12.8 Å². The zero-order valence-electron chi connectivity index (χ0n) is 12.5. The third kappa shape index (κ3) is 7.19. The van der Waals surface area contributed by atoms with Crippen LogP contribution in [0.4, 0.5) is 5.69 Å². The highest BCUT2D eigenvalue weighted by Crippen LogP contribution is 2.49. The van der Waals surface area contributed by atoms with Gasteiger partial charge in [0.05, 0.1) is 18.7 Å². The normalized spacial score (nSPS) is 13.0. The van der Waals surface area contributed by atoms with Gasteiger partial charge < -0.3 is 14.9 Å². The molecule has 9 heteroatoms. The summed E-state index contributed by atoms with van der Waals surface area (Å²) in [5.41, 5.74) is 0.425. The van der Waals surface area contributed by atoms with Crippen molar-refractivity contribution in [3.05, 3.63) is 24.3 Å². The van der Waals surface area contributed by atoms with E-state index in [9.17, 15) is 19.4 Å². The first-order chi connectivity index (χ1) is 10.7. The van der Waals surface area contributed by atoms with Crippen molar-refractivity contribution in [3.8, 4) is 5.75 Å². The minimum absolute atomic E-state index is 0.180. The fourth-order valence-electron chi connectivity index (χ4n) is 1.81. The number of benzene rings is 1. The molecular formula is C14H19NO7P+. The number of ether oxygens (including phenoxy) is 1. The first kappa shape index (κ1) is 19.0. The number of carbonyl (C=O) groups is 2. The molecule has 1 unspecified atom stereocenters. The van der Waals surface area contributed by atoms with Gasteiger partial charge in [-0.25, -0.2) is 14.8 Å². The molecule has 0 fully saturated rings. The summed E-state index contributed by atoms with van der Waals surface area (Å²) in [7, 11) is -2.22. The Kier molecular flexibility index (Phi) is 7.09. The molecule has 0 saturated carbocycles. The van der Waals surface area contributed by atoms with Gasteiger partial charge in [0.25, 0.3) is 0 Å². The highest BCUT2D eigenvalue weighted by molar-refractivity contribution is 7.79. The summed E-state index contributed by atoms with van der Waals surface area (Å²) in [4.78, 5) is 45.5. The topological polar surface area (TPSA) is 137 Å². The predicted molar refractivity (Wildman–Crippen MR) is 85.4 cm³/mol. The predicted octanol–water partition coefficient (Wildman–Crippen LogP) is 1.75. The summed E-state index contributed by atoms with van der Waals surface area (Å²) in [6, 6.07) is 6.58. The van der Waals surface area contributed by atoms with E-state index in [0.29, 0.717) is 11.4 Å². The zero-order chi connectivity index (χ0) is 17.5. The van der Waals surface area contributed by atoms with Crippen LogP contribution in [0, 0.1) is 5.92 Å². The Balaban J connectivity index is 2.77. The highest BCUT2D eigenvalue weighted by Gasteiger charge is 2.38. The van der Waals surface area contributed by atoms with Gasteiger partial charge in [-0.2, -0.15) is 0 Å². The Morgan fingerprint density at radius 2 is 2.04 bits per heavy atom. The van der Waals surface area contributed by atoms with Gasteiger partial charge in [0.1, 0.15) is 11.9 Å². The lowest BCUT2D eigenvalue weighted by Crippen LogP contribution is -2.21. The van der Waals surface area contributed by atoms with Crippen molar-refractivity contribution in [2.24, 2.45) is 10.9 Å². The summed E-state index contributed by atoms with van der Waals surface area (Å²) >= 11 is 0. The van der Waals surface area contributed by atoms with Crippen molar-refractivity contribution in [1.82, 2.24) is 0 Å². The standard InChI is InChI=1S/C14H18NO7P/c1-22-12-4-2-3-11(7-12)15-9-23(20,21)8-10(14(18)19)5-6-13(16)17/h2-4,7,9-10,20-21H,5-6,8H2,1H3,(H-,16,17,18,19)/p+1. The molecule has 4 N–H and O–H groups in total. The van der Waals surface area contributed by atoms with E-state index in [0.717, 1.165) is 5.96 Å². The number of nitrogens with zero attached hydrogens (tertiary/aromatic N) is 1. The van der Waals surface area contributed by atoms with Gasteiger partial charge in [0.15, 0.2) is 0 Å². The van der Waals surface area contributed by atoms with Gasteiger partial charge >= 0.3 is 19.7 Å². The van der Waals surface area contributed by atoms with Crippen LogP contribution in [0.3, 0.4) is 0 Å². The summed E-state index contributed by atoms with van der Waals surface area (Å²) in [5.74, 6) is -2.09. The highest BCUT2D eigenvalue weighted by atomic mass is 31.2. The fourth-order valence-corrected chi connectivity index (χ4v) is 3.21. The Hall–Kier alpha value is -2.02. The quantitative estimate of drug-likeness (QED) is 0.396. The number of rotatable bonds is 9. The Morgan fingerprint density at radius 1 is 1.35 bits per heavy atom. The smallest absolute Gasteiger partial charge is 0.312 e. The van der Waals surface area contributed by atoms with E-state index in [2.05, 4.69) is 4.99 Å². The molecule has 0 aliphatic heterocycles. The maximum Gasteiger partial charge on any atom is 0.312 e. The molecule has 1 rings (SSSR count). The van der Waals surface area contributed by atoms with Gasteiger partial charge in [-0.05, 0) is 18.6 Å². The molecule has 0 saturated heterocycles. The van der Waals surface area contributed by atoms with Gasteiger partial charge in [-0.1, -0.05) is 6.07 Å². The van der Waals surface area contributed by atoms with Gasteiger partial charge in [0.2, 0.25) is 5.96 Å². The lowest BCUT2D eigenvalue weighted by Gasteiger charge is -2.13. The van der Waals surface area contributed by atoms with E-state index in [-0.39, 0.29) is 12.8 Å². The average Bonchev–Trinajstić information content (AvgIpc) is 2.49. The zero-order valence-corrected chi connectivity index (χ0v) is 13.4. The minimum Gasteiger partial charge on any atom is -0.497 e. The SMILES string of the molecule is COc1cccc(N=C[P+](O)(O)CC(CCC(=O)O)C(=O)O)c1. The van der Waals surface area contributed by atoms with E-state index in [1.54, 1.807) is 24.3 Å². The molecular weight excluding hydrogens is 325 g/mol. The first-order valence-corrected chi connectivity index (χ1v) is 8.65. The number of hydrogen-bond donors (Lipinski definition) is 4. The molecule has 8 nitrogen and oxygen atoms in total. The first-order valence-electron chi connectivity index (χ1n) is 6.70. The largest absolute Gasteiger partial charge is 0.497 e. The van der Waals surface area contributed by atoms with Crippen molar-refractivity contribution >= 4 is 31.3 Å². The van der Waals surface area contributed by atoms with Crippen LogP contribution in [0.15, 0.2) is 29.3 Å². The number of methoxy groups -OCH3 is 1. The summed E-state index contributed by atoms with van der Waals surface area (Å²) < 4.78 is 5.01. The second-order valence-corrected chi connectivity index (χ2v) is 7.05. The van der Waals surface area contributed by atoms with Crippen LogP contribution in [0.5, 0.6) is 5.75 Å². The van der Waals surface area contributed by atoms with Crippen molar-refractivity contribution in [3.63, 3.8) is 0 Å². The molecule has 0 aliphatic rings. The van der Waals surface area contributed by atoms with Gasteiger partial charge in [-0.3, -0.25) is 9.59 Å². The Bertz CT molecular complexity index is 588. The molecule has 0 amide bonds. The van der Waals surface area contributed by atoms with E-state index in [1.807, 2.05) is 0 Å². The molecule has 0 aromatic heterocycles. The number of aliphatic imine (C=N–C) groups is 1. The second kappa shape index (κ2) is 8.57. The maximum atomic E-state index is 11.1. The average molecular weight is 344 g/mol. The van der Waals surface area contributed by atoms with Gasteiger partial charge in [-0.15, -0.1) is 0 Å². The van der Waals surface area contributed by atoms with E-state index in [4.69, 9.17) is 14.9 Å². The number of carboxylic acids is 2. The van der Waals surface area contributed by atoms with Crippen LogP contribution in [0.1, 0.15) is 12.8 Å². The third-order valence-electron chi connectivity index (χ3n) is 2.99. The Morgan fingerprint density at radius 3 is 2.61 bits per heavy atom. The molecule has 126 valence electrons. The lowest BCUT2D eigenvalue weighted by atomic mass is 10.1. The van der Waals surface area contributed by atoms with Crippen LogP contribution in [-0.2, 0) is 9.59 Å². The van der Waals surface area contributed by atoms with E-state index < -0.39 is 31.7 Å². The molecule has 1 aromatic carbocycles. The van der Waals surface area contributed by atoms with Crippen LogP contribution < -0.4 is 4.74 Å². The van der Waals surface area contributed by atoms with Gasteiger partial charge in [0, 0.05) is 12.5 Å². The van der Waals surface area contributed by atoms with Crippen LogP contribution in [0.25, 0.3) is 0 Å².